The van der Waals surface area contributed by atoms with Gasteiger partial charge in [-0.2, -0.15) is 17.4 Å². The van der Waals surface area contributed by atoms with E-state index in [0.717, 1.165) is 35.3 Å². The maximum atomic E-state index is 11.8. The van der Waals surface area contributed by atoms with Crippen molar-refractivity contribution in [3.63, 3.8) is 0 Å². The van der Waals surface area contributed by atoms with Gasteiger partial charge < -0.3 is 9.64 Å². The van der Waals surface area contributed by atoms with Crippen LogP contribution in [0.2, 0.25) is 0 Å². The molecule has 1 aromatic carbocycles. The molecule has 1 N–H and O–H groups in total. The van der Waals surface area contributed by atoms with Crippen molar-refractivity contribution in [2.45, 2.75) is 20.4 Å². The van der Waals surface area contributed by atoms with Crippen molar-refractivity contribution in [2.75, 3.05) is 40.3 Å². The summed E-state index contributed by atoms with van der Waals surface area (Å²) in [6, 6.07) is 7.49. The predicted octanol–water partition coefficient (Wildman–Crippen LogP) is 1.30. The summed E-state index contributed by atoms with van der Waals surface area (Å²) in [7, 11) is -0.446. The minimum absolute atomic E-state index is 0.210. The zero-order valence-corrected chi connectivity index (χ0v) is 14.7. The molecule has 0 atom stereocenters. The molecule has 6 nitrogen and oxygen atoms in total. The molecule has 0 amide bonds. The van der Waals surface area contributed by atoms with Gasteiger partial charge in [-0.15, -0.1) is 0 Å². The Balaban J connectivity index is 2.62. The molecule has 0 bridgehead atoms. The van der Waals surface area contributed by atoms with Crippen molar-refractivity contribution >= 4 is 10.2 Å². The number of rotatable bonds is 10. The van der Waals surface area contributed by atoms with E-state index in [1.54, 1.807) is 0 Å². The summed E-state index contributed by atoms with van der Waals surface area (Å²) in [5, 5.41) is 0. The molecule has 22 heavy (non-hydrogen) atoms. The molecule has 0 saturated carbocycles. The summed E-state index contributed by atoms with van der Waals surface area (Å²) in [6.45, 7) is 7.86. The molecule has 1 rings (SSSR count). The van der Waals surface area contributed by atoms with Gasteiger partial charge in [0, 0.05) is 32.7 Å². The SMILES string of the molecule is CCN(CC)CCOc1ccccc1CNS(=O)(=O)N(C)C. The van der Waals surface area contributed by atoms with Gasteiger partial charge in [-0.05, 0) is 19.2 Å². The number of nitrogens with zero attached hydrogens (tertiary/aromatic N) is 2. The Morgan fingerprint density at radius 3 is 2.36 bits per heavy atom. The second kappa shape index (κ2) is 9.09. The molecule has 0 aliphatic rings. The van der Waals surface area contributed by atoms with E-state index in [-0.39, 0.29) is 6.54 Å². The van der Waals surface area contributed by atoms with Crippen LogP contribution in [-0.4, -0.2) is 58.0 Å². The van der Waals surface area contributed by atoms with Crippen LogP contribution in [0.4, 0.5) is 0 Å². The van der Waals surface area contributed by atoms with Crippen LogP contribution < -0.4 is 9.46 Å². The lowest BCUT2D eigenvalue weighted by Crippen LogP contribution is -2.35. The summed E-state index contributed by atoms with van der Waals surface area (Å²) in [4.78, 5) is 2.28. The van der Waals surface area contributed by atoms with Gasteiger partial charge in [0.15, 0.2) is 0 Å². The summed E-state index contributed by atoms with van der Waals surface area (Å²) in [5.74, 6) is 0.719. The molecular weight excluding hydrogens is 302 g/mol. The number of nitrogens with one attached hydrogen (secondary N) is 1. The second-order valence-electron chi connectivity index (χ2n) is 5.09. The van der Waals surface area contributed by atoms with E-state index in [9.17, 15) is 8.42 Å². The van der Waals surface area contributed by atoms with Crippen molar-refractivity contribution in [2.24, 2.45) is 0 Å². The summed E-state index contributed by atoms with van der Waals surface area (Å²) < 4.78 is 33.0. The average molecular weight is 329 g/mol. The second-order valence-corrected chi connectivity index (χ2v) is 7.06. The zero-order valence-electron chi connectivity index (χ0n) is 13.9. The van der Waals surface area contributed by atoms with Gasteiger partial charge in [0.2, 0.25) is 0 Å². The van der Waals surface area contributed by atoms with Crippen molar-refractivity contribution in [3.05, 3.63) is 29.8 Å². The Bertz CT molecular complexity index is 543. The van der Waals surface area contributed by atoms with Gasteiger partial charge in [0.1, 0.15) is 12.4 Å². The van der Waals surface area contributed by atoms with Gasteiger partial charge in [0.05, 0.1) is 0 Å². The Kier molecular flexibility index (Phi) is 7.81. The molecular formula is C15H27N3O3S. The predicted molar refractivity (Wildman–Crippen MR) is 89.2 cm³/mol. The molecule has 0 unspecified atom stereocenters. The van der Waals surface area contributed by atoms with Crippen LogP contribution in [-0.2, 0) is 16.8 Å². The van der Waals surface area contributed by atoms with E-state index in [4.69, 9.17) is 4.74 Å². The minimum Gasteiger partial charge on any atom is -0.492 e. The lowest BCUT2D eigenvalue weighted by atomic mass is 10.2. The lowest BCUT2D eigenvalue weighted by Gasteiger charge is -2.19. The van der Waals surface area contributed by atoms with E-state index < -0.39 is 10.2 Å². The molecule has 0 heterocycles. The fraction of sp³-hybridized carbons (Fsp3) is 0.600. The normalized spacial score (nSPS) is 12.1. The average Bonchev–Trinajstić information content (AvgIpc) is 2.50. The van der Waals surface area contributed by atoms with Crippen molar-refractivity contribution in [1.29, 1.82) is 0 Å². The summed E-state index contributed by atoms with van der Waals surface area (Å²) in [6.07, 6.45) is 0. The molecule has 0 aliphatic carbocycles. The van der Waals surface area contributed by atoms with Crippen LogP contribution in [0.5, 0.6) is 5.75 Å². The van der Waals surface area contributed by atoms with Gasteiger partial charge in [-0.1, -0.05) is 32.0 Å². The topological polar surface area (TPSA) is 61.9 Å². The van der Waals surface area contributed by atoms with E-state index >= 15 is 0 Å². The van der Waals surface area contributed by atoms with Crippen molar-refractivity contribution < 1.29 is 13.2 Å². The smallest absolute Gasteiger partial charge is 0.279 e. The van der Waals surface area contributed by atoms with Crippen molar-refractivity contribution in [3.8, 4) is 5.75 Å². The zero-order chi connectivity index (χ0) is 16.6. The Labute approximate surface area is 134 Å². The van der Waals surface area contributed by atoms with Crippen LogP contribution in [0, 0.1) is 0 Å². The monoisotopic (exact) mass is 329 g/mol. The Morgan fingerprint density at radius 1 is 1.14 bits per heavy atom. The quantitative estimate of drug-likeness (QED) is 0.703. The lowest BCUT2D eigenvalue weighted by molar-refractivity contribution is 0.221. The molecule has 0 radical (unpaired) electrons. The third kappa shape index (κ3) is 5.92. The number of ether oxygens (including phenoxy) is 1. The van der Waals surface area contributed by atoms with Crippen LogP contribution in [0.15, 0.2) is 24.3 Å². The molecule has 126 valence electrons. The summed E-state index contributed by atoms with van der Waals surface area (Å²) >= 11 is 0. The molecule has 7 heteroatoms. The molecule has 0 saturated heterocycles. The van der Waals surface area contributed by atoms with Crippen LogP contribution >= 0.6 is 0 Å². The Hall–Kier alpha value is -1.15. The highest BCUT2D eigenvalue weighted by Crippen LogP contribution is 2.18. The number of benzene rings is 1. The van der Waals surface area contributed by atoms with Gasteiger partial charge >= 0.3 is 0 Å². The third-order valence-electron chi connectivity index (χ3n) is 3.46. The van der Waals surface area contributed by atoms with Gasteiger partial charge in [-0.3, -0.25) is 0 Å². The van der Waals surface area contributed by atoms with Crippen molar-refractivity contribution in [1.82, 2.24) is 13.9 Å². The minimum atomic E-state index is -3.44. The molecule has 0 aliphatic heterocycles. The number of likely N-dealkylation sites (N-methyl/N-ethyl adjacent to an activating group) is 1. The third-order valence-corrected chi connectivity index (χ3v) is 4.93. The number of hydrogen-bond acceptors (Lipinski definition) is 4. The maximum Gasteiger partial charge on any atom is 0.279 e. The van der Waals surface area contributed by atoms with Gasteiger partial charge in [-0.25, -0.2) is 0 Å². The maximum absolute atomic E-state index is 11.8. The molecule has 0 spiro atoms. The first-order chi connectivity index (χ1) is 10.4. The molecule has 1 aromatic rings. The van der Waals surface area contributed by atoms with Crippen LogP contribution in [0.3, 0.4) is 0 Å². The van der Waals surface area contributed by atoms with Gasteiger partial charge in [0.25, 0.3) is 10.2 Å². The van der Waals surface area contributed by atoms with Crippen LogP contribution in [0.1, 0.15) is 19.4 Å². The molecule has 0 fully saturated rings. The number of para-hydroxylation sites is 1. The standard InChI is InChI=1S/C15H27N3O3S/c1-5-18(6-2)11-12-21-15-10-8-7-9-14(15)13-16-22(19,20)17(3)4/h7-10,16H,5-6,11-13H2,1-4H3. The van der Waals surface area contributed by atoms with E-state index in [1.165, 1.54) is 14.1 Å². The first-order valence-electron chi connectivity index (χ1n) is 7.50. The van der Waals surface area contributed by atoms with E-state index in [0.29, 0.717) is 6.61 Å². The first kappa shape index (κ1) is 18.9. The fourth-order valence-corrected chi connectivity index (χ4v) is 2.51. The fourth-order valence-electron chi connectivity index (χ4n) is 1.91. The summed E-state index contributed by atoms with van der Waals surface area (Å²) in [5.41, 5.74) is 0.826. The van der Waals surface area contributed by atoms with E-state index in [2.05, 4.69) is 23.5 Å². The van der Waals surface area contributed by atoms with E-state index in [1.807, 2.05) is 24.3 Å². The largest absolute Gasteiger partial charge is 0.492 e. The van der Waals surface area contributed by atoms with Crippen LogP contribution in [0.25, 0.3) is 0 Å². The highest BCUT2D eigenvalue weighted by atomic mass is 32.2. The highest BCUT2D eigenvalue weighted by molar-refractivity contribution is 7.87. The Morgan fingerprint density at radius 2 is 1.77 bits per heavy atom. The molecule has 0 aromatic heterocycles. The highest BCUT2D eigenvalue weighted by Gasteiger charge is 2.13. The first-order valence-corrected chi connectivity index (χ1v) is 8.94. The number of hydrogen-bond donors (Lipinski definition) is 1.